The second-order valence-electron chi connectivity index (χ2n) is 7.36. The summed E-state index contributed by atoms with van der Waals surface area (Å²) < 4.78 is 6.84. The zero-order valence-electron chi connectivity index (χ0n) is 18.4. The van der Waals surface area contributed by atoms with Gasteiger partial charge in [-0.25, -0.2) is 9.78 Å². The van der Waals surface area contributed by atoms with Crippen LogP contribution in [-0.4, -0.2) is 43.8 Å². The van der Waals surface area contributed by atoms with E-state index >= 15 is 0 Å². The maximum atomic E-state index is 12.6. The van der Waals surface area contributed by atoms with Gasteiger partial charge in [-0.1, -0.05) is 47.6 Å². The van der Waals surface area contributed by atoms with Crippen LogP contribution in [-0.2, 0) is 9.53 Å². The van der Waals surface area contributed by atoms with E-state index in [2.05, 4.69) is 20.5 Å². The van der Waals surface area contributed by atoms with Crippen LogP contribution in [0.15, 0.2) is 65.4 Å². The largest absolute Gasteiger partial charge is 0.462 e. The topological polar surface area (TPSA) is 98.5 Å². The molecule has 0 aliphatic rings. The lowest BCUT2D eigenvalue weighted by Crippen LogP contribution is -2.17. The number of halogens is 1. The van der Waals surface area contributed by atoms with Gasteiger partial charge < -0.3 is 10.1 Å². The van der Waals surface area contributed by atoms with Crippen molar-refractivity contribution in [3.8, 4) is 11.1 Å². The van der Waals surface area contributed by atoms with Crippen LogP contribution in [0, 0.1) is 0 Å². The first kappa shape index (κ1) is 23.3. The van der Waals surface area contributed by atoms with E-state index in [1.807, 2.05) is 29.6 Å². The number of carbonyl (C=O) groups is 2. The number of nitrogens with one attached hydrogen (secondary N) is 1. The second-order valence-corrected chi connectivity index (χ2v) is 9.60. The summed E-state index contributed by atoms with van der Waals surface area (Å²) >= 11 is 8.80. The lowest BCUT2D eigenvalue weighted by atomic mass is 10.1. The number of fused-ring (bicyclic) bond motifs is 3. The quantitative estimate of drug-likeness (QED) is 0.220. The Bertz CT molecular complexity index is 1550. The van der Waals surface area contributed by atoms with Gasteiger partial charge in [-0.15, -0.1) is 21.5 Å². The number of carbonyl (C=O) groups excluding carboxylic acids is 2. The van der Waals surface area contributed by atoms with Gasteiger partial charge in [0.2, 0.25) is 5.91 Å². The molecule has 3 aromatic heterocycles. The van der Waals surface area contributed by atoms with Crippen molar-refractivity contribution < 1.29 is 14.3 Å². The zero-order chi connectivity index (χ0) is 24.4. The number of anilines is 1. The standard InChI is InChI=1S/C24H18ClN5O3S2/c1-2-33-23(32)16-5-3-4-6-18(16)27-19(31)12-35-24-29-28-21-20-17(14-7-9-15(25)10-8-14)11-34-22(20)26-13-30(21)24/h3-11,13H,2,12H2,1H3,(H,27,31). The Hall–Kier alpha value is -3.47. The summed E-state index contributed by atoms with van der Waals surface area (Å²) in [4.78, 5) is 30.2. The predicted octanol–water partition coefficient (Wildman–Crippen LogP) is 5.57. The highest BCUT2D eigenvalue weighted by atomic mass is 35.5. The lowest BCUT2D eigenvalue weighted by Gasteiger charge is -2.10. The summed E-state index contributed by atoms with van der Waals surface area (Å²) in [5.74, 6) is -0.694. The molecule has 0 aliphatic carbocycles. The molecular formula is C24H18ClN5O3S2. The first-order chi connectivity index (χ1) is 17.0. The highest BCUT2D eigenvalue weighted by Gasteiger charge is 2.18. The molecule has 0 bridgehead atoms. The van der Waals surface area contributed by atoms with E-state index in [0.717, 1.165) is 21.3 Å². The number of hydrogen-bond acceptors (Lipinski definition) is 8. The molecule has 5 rings (SSSR count). The minimum atomic E-state index is -0.484. The molecule has 3 heterocycles. The van der Waals surface area contributed by atoms with Crippen molar-refractivity contribution >= 4 is 68.1 Å². The number of benzene rings is 2. The molecular weight excluding hydrogens is 506 g/mol. The summed E-state index contributed by atoms with van der Waals surface area (Å²) in [5, 5.41) is 15.6. The number of thiophene rings is 1. The third-order valence-electron chi connectivity index (χ3n) is 5.13. The molecule has 5 aromatic rings. The minimum absolute atomic E-state index is 0.0731. The maximum Gasteiger partial charge on any atom is 0.340 e. The van der Waals surface area contributed by atoms with Crippen LogP contribution in [0.25, 0.3) is 27.0 Å². The summed E-state index contributed by atoms with van der Waals surface area (Å²) in [6, 6.07) is 14.3. The first-order valence-electron chi connectivity index (χ1n) is 10.6. The highest BCUT2D eigenvalue weighted by molar-refractivity contribution is 7.99. The molecule has 0 radical (unpaired) electrons. The van der Waals surface area contributed by atoms with Gasteiger partial charge in [0.25, 0.3) is 0 Å². The van der Waals surface area contributed by atoms with Crippen molar-refractivity contribution in [3.05, 3.63) is 70.8 Å². The number of amides is 1. The Labute approximate surface area is 213 Å². The van der Waals surface area contributed by atoms with Gasteiger partial charge in [-0.2, -0.15) is 0 Å². The Morgan fingerprint density at radius 3 is 2.74 bits per heavy atom. The number of aromatic nitrogens is 4. The summed E-state index contributed by atoms with van der Waals surface area (Å²) in [5.41, 5.74) is 3.37. The molecule has 1 amide bonds. The highest BCUT2D eigenvalue weighted by Crippen LogP contribution is 2.36. The van der Waals surface area contributed by atoms with Crippen molar-refractivity contribution in [2.75, 3.05) is 17.7 Å². The fraction of sp³-hybridized carbons (Fsp3) is 0.125. The number of esters is 1. The van der Waals surface area contributed by atoms with Crippen LogP contribution in [0.5, 0.6) is 0 Å². The third-order valence-corrected chi connectivity index (χ3v) is 7.22. The Kier molecular flexibility index (Phi) is 6.67. The number of hydrogen-bond donors (Lipinski definition) is 1. The number of ether oxygens (including phenoxy) is 1. The monoisotopic (exact) mass is 523 g/mol. The molecule has 0 aliphatic heterocycles. The molecule has 8 nitrogen and oxygen atoms in total. The average Bonchev–Trinajstić information content (AvgIpc) is 3.48. The number of nitrogens with zero attached hydrogens (tertiary/aromatic N) is 4. The molecule has 0 saturated carbocycles. The van der Waals surface area contributed by atoms with Gasteiger partial charge in [-0.05, 0) is 36.8 Å². The van der Waals surface area contributed by atoms with E-state index in [1.54, 1.807) is 41.9 Å². The van der Waals surface area contributed by atoms with Gasteiger partial charge >= 0.3 is 5.97 Å². The van der Waals surface area contributed by atoms with Crippen molar-refractivity contribution in [3.63, 3.8) is 0 Å². The van der Waals surface area contributed by atoms with E-state index in [1.165, 1.54) is 23.1 Å². The zero-order valence-corrected chi connectivity index (χ0v) is 20.8. The van der Waals surface area contributed by atoms with Crippen molar-refractivity contribution in [2.24, 2.45) is 0 Å². The Balaban J connectivity index is 1.37. The van der Waals surface area contributed by atoms with Crippen LogP contribution in [0.3, 0.4) is 0 Å². The van der Waals surface area contributed by atoms with Crippen LogP contribution in [0.4, 0.5) is 5.69 Å². The predicted molar refractivity (Wildman–Crippen MR) is 138 cm³/mol. The van der Waals surface area contributed by atoms with Gasteiger partial charge in [0.1, 0.15) is 11.2 Å². The molecule has 35 heavy (non-hydrogen) atoms. The maximum absolute atomic E-state index is 12.6. The van der Waals surface area contributed by atoms with E-state index in [9.17, 15) is 9.59 Å². The molecule has 0 unspecified atom stereocenters. The summed E-state index contributed by atoms with van der Waals surface area (Å²) in [6.07, 6.45) is 1.66. The first-order valence-corrected chi connectivity index (χ1v) is 12.8. The lowest BCUT2D eigenvalue weighted by molar-refractivity contribution is -0.113. The van der Waals surface area contributed by atoms with Crippen molar-refractivity contribution in [1.29, 1.82) is 0 Å². The number of rotatable bonds is 7. The van der Waals surface area contributed by atoms with Gasteiger partial charge in [0.15, 0.2) is 10.8 Å². The summed E-state index contributed by atoms with van der Waals surface area (Å²) in [6.45, 7) is 1.98. The van der Waals surface area contributed by atoms with E-state index in [4.69, 9.17) is 16.3 Å². The Morgan fingerprint density at radius 1 is 1.14 bits per heavy atom. The SMILES string of the molecule is CCOC(=O)c1ccccc1NC(=O)CSc1nnc2c3c(-c4ccc(Cl)cc4)csc3ncn12. The normalized spacial score (nSPS) is 11.1. The average molecular weight is 524 g/mol. The van der Waals surface area contributed by atoms with E-state index in [-0.39, 0.29) is 18.3 Å². The summed E-state index contributed by atoms with van der Waals surface area (Å²) in [7, 11) is 0. The van der Waals surface area contributed by atoms with E-state index < -0.39 is 5.97 Å². The van der Waals surface area contributed by atoms with Crippen LogP contribution in [0.2, 0.25) is 5.02 Å². The molecule has 176 valence electrons. The molecule has 0 fully saturated rings. The van der Waals surface area contributed by atoms with Crippen molar-refractivity contribution in [2.45, 2.75) is 12.1 Å². The van der Waals surface area contributed by atoms with Crippen molar-refractivity contribution in [1.82, 2.24) is 19.6 Å². The van der Waals surface area contributed by atoms with Crippen LogP contribution in [0.1, 0.15) is 17.3 Å². The van der Waals surface area contributed by atoms with Gasteiger partial charge in [0, 0.05) is 16.0 Å². The second kappa shape index (κ2) is 10.0. The number of thioether (sulfide) groups is 1. The van der Waals surface area contributed by atoms with Crippen LogP contribution >= 0.6 is 34.7 Å². The minimum Gasteiger partial charge on any atom is -0.462 e. The molecule has 1 N–H and O–H groups in total. The third kappa shape index (κ3) is 4.72. The van der Waals surface area contributed by atoms with Gasteiger partial charge in [0.05, 0.1) is 29.0 Å². The molecule has 11 heteroatoms. The van der Waals surface area contributed by atoms with Gasteiger partial charge in [-0.3, -0.25) is 9.20 Å². The molecule has 0 saturated heterocycles. The number of para-hydroxylation sites is 1. The fourth-order valence-electron chi connectivity index (χ4n) is 3.56. The Morgan fingerprint density at radius 2 is 1.94 bits per heavy atom. The van der Waals surface area contributed by atoms with Crippen LogP contribution < -0.4 is 5.32 Å². The molecule has 0 atom stereocenters. The molecule has 2 aromatic carbocycles. The van der Waals surface area contributed by atoms with E-state index in [0.29, 0.717) is 27.1 Å². The smallest absolute Gasteiger partial charge is 0.340 e. The molecule has 0 spiro atoms. The fourth-order valence-corrected chi connectivity index (χ4v) is 5.30.